The zero-order valence-electron chi connectivity index (χ0n) is 56.0. The first-order valence-corrected chi connectivity index (χ1v) is 36.3. The molecule has 500 valence electrons. The molecule has 7 unspecified atom stereocenters. The molecule has 1 saturated heterocycles. The van der Waals surface area contributed by atoms with Crippen LogP contribution in [0.2, 0.25) is 0 Å². The molecule has 1 aliphatic heterocycles. The van der Waals surface area contributed by atoms with Crippen LogP contribution in [0, 0.1) is 0 Å². The number of ether oxygens (including phenoxy) is 2. The van der Waals surface area contributed by atoms with Crippen molar-refractivity contribution in [1.29, 1.82) is 0 Å². The second kappa shape index (κ2) is 65.5. The van der Waals surface area contributed by atoms with E-state index in [-0.39, 0.29) is 12.5 Å². The van der Waals surface area contributed by atoms with Crippen molar-refractivity contribution in [2.75, 3.05) is 13.2 Å². The van der Waals surface area contributed by atoms with Crippen LogP contribution in [0.1, 0.15) is 309 Å². The van der Waals surface area contributed by atoms with Gasteiger partial charge in [0.2, 0.25) is 5.91 Å². The van der Waals surface area contributed by atoms with E-state index in [9.17, 15) is 30.3 Å². The number of aliphatic hydroxyl groups is 5. The van der Waals surface area contributed by atoms with Crippen molar-refractivity contribution in [2.45, 2.75) is 352 Å². The highest BCUT2D eigenvalue weighted by Crippen LogP contribution is 2.23. The molecule has 0 spiro atoms. The molecule has 0 radical (unpaired) electrons. The molecule has 0 aromatic heterocycles. The minimum atomic E-state index is -1.58. The number of hydrogen-bond acceptors (Lipinski definition) is 8. The molecule has 0 aromatic carbocycles. The number of rotatable bonds is 62. The van der Waals surface area contributed by atoms with Crippen molar-refractivity contribution in [2.24, 2.45) is 0 Å². The zero-order chi connectivity index (χ0) is 62.8. The lowest BCUT2D eigenvalue weighted by molar-refractivity contribution is -0.302. The van der Waals surface area contributed by atoms with E-state index in [0.717, 1.165) is 103 Å². The number of amides is 1. The van der Waals surface area contributed by atoms with Gasteiger partial charge in [0.25, 0.3) is 0 Å². The summed E-state index contributed by atoms with van der Waals surface area (Å²) in [7, 11) is 0. The summed E-state index contributed by atoms with van der Waals surface area (Å²) in [4.78, 5) is 13.1. The first-order valence-electron chi connectivity index (χ1n) is 36.3. The Labute approximate surface area is 535 Å². The molecule has 1 heterocycles. The Morgan fingerprint density at radius 2 is 0.724 bits per heavy atom. The van der Waals surface area contributed by atoms with Gasteiger partial charge in [0.1, 0.15) is 24.4 Å². The maximum absolute atomic E-state index is 13.1. The maximum Gasteiger partial charge on any atom is 0.220 e. The molecular weight excluding hydrogens is 1080 g/mol. The lowest BCUT2D eigenvalue weighted by Crippen LogP contribution is -2.60. The van der Waals surface area contributed by atoms with E-state index in [1.54, 1.807) is 6.08 Å². The fourth-order valence-electron chi connectivity index (χ4n) is 10.9. The number of hydrogen-bond donors (Lipinski definition) is 6. The van der Waals surface area contributed by atoms with Gasteiger partial charge >= 0.3 is 0 Å². The standard InChI is InChI=1S/C78H135NO8/c1-3-5-7-9-11-13-15-17-19-21-23-25-27-29-31-33-35-36-38-40-42-44-46-48-50-52-54-56-58-60-62-64-66-68-74(82)79-71(70-86-78-77(85)76(84)75(83)73(69-80)87-78)72(81)67-65-63-61-59-57-55-53-51-49-47-45-43-41-39-37-34-32-30-28-26-24-22-20-18-16-14-12-10-8-6-4-2/h5,7,11,13,17,19,23,25,29,31,35-36,40,42,46,48,57,59,65,67,71-73,75-78,80-81,83-85H,3-4,6,8-10,12,14-16,18,20-22,24,26-28,30,32-34,37-39,41,43-45,47,49-56,58,60-64,66,68-70H2,1-2H3,(H,79,82)/b7-5-,13-11-,19-17-,25-23-,31-29-,36-35-,42-40-,48-46-,59-57+,67-65+. The van der Waals surface area contributed by atoms with E-state index in [4.69, 9.17) is 9.47 Å². The summed E-state index contributed by atoms with van der Waals surface area (Å²) in [6.45, 7) is 3.67. The molecule has 9 nitrogen and oxygen atoms in total. The SMILES string of the molecule is CC/C=C\C/C=C\C/C=C\C/C=C\C/C=C\C/C=C\C/C=C\C/C=C\CCCCCCCCCCC(=O)NC(COC1OC(CO)C(O)C(O)C1O)C(O)/C=C/CC/C=C/CCCCCCCCCCCCCCCCCCCCCCCCCCC. The number of nitrogens with one attached hydrogen (secondary N) is 1. The third kappa shape index (κ3) is 54.1. The Balaban J connectivity index is 2.17. The van der Waals surface area contributed by atoms with E-state index in [1.807, 2.05) is 6.08 Å². The Morgan fingerprint density at radius 3 is 1.10 bits per heavy atom. The van der Waals surface area contributed by atoms with Crippen molar-refractivity contribution in [3.63, 3.8) is 0 Å². The van der Waals surface area contributed by atoms with Gasteiger partial charge in [-0.2, -0.15) is 0 Å². The van der Waals surface area contributed by atoms with Gasteiger partial charge in [-0.1, -0.05) is 328 Å². The van der Waals surface area contributed by atoms with E-state index < -0.39 is 49.5 Å². The average Bonchev–Trinajstić information content (AvgIpc) is 3.38. The summed E-state index contributed by atoms with van der Waals surface area (Å²) in [5.41, 5.74) is 0. The number of unbranched alkanes of at least 4 members (excludes halogenated alkanes) is 34. The smallest absolute Gasteiger partial charge is 0.220 e. The van der Waals surface area contributed by atoms with E-state index in [0.29, 0.717) is 6.42 Å². The van der Waals surface area contributed by atoms with Crippen LogP contribution in [0.3, 0.4) is 0 Å². The summed E-state index contributed by atoms with van der Waals surface area (Å²) in [5, 5.41) is 54.8. The molecule has 0 saturated carbocycles. The minimum Gasteiger partial charge on any atom is -0.394 e. The Morgan fingerprint density at radius 1 is 0.402 bits per heavy atom. The number of aliphatic hydroxyl groups excluding tert-OH is 5. The fraction of sp³-hybridized carbons (Fsp3) is 0.731. The van der Waals surface area contributed by atoms with Crippen molar-refractivity contribution < 1.29 is 39.8 Å². The summed E-state index contributed by atoms with van der Waals surface area (Å²) in [6, 6.07) is -0.837. The van der Waals surface area contributed by atoms with Crippen molar-refractivity contribution >= 4 is 5.91 Å². The third-order valence-electron chi connectivity index (χ3n) is 16.5. The van der Waals surface area contributed by atoms with Crippen LogP contribution in [-0.4, -0.2) is 87.5 Å². The first kappa shape index (κ1) is 81.6. The Kier molecular flexibility index (Phi) is 61.5. The van der Waals surface area contributed by atoms with Gasteiger partial charge in [0, 0.05) is 6.42 Å². The lowest BCUT2D eigenvalue weighted by atomic mass is 9.99. The van der Waals surface area contributed by atoms with Crippen LogP contribution in [0.4, 0.5) is 0 Å². The molecule has 1 amide bonds. The second-order valence-corrected chi connectivity index (χ2v) is 24.6. The third-order valence-corrected chi connectivity index (χ3v) is 16.5. The van der Waals surface area contributed by atoms with E-state index >= 15 is 0 Å². The largest absolute Gasteiger partial charge is 0.394 e. The molecular formula is C78H135NO8. The van der Waals surface area contributed by atoms with Crippen LogP contribution in [0.25, 0.3) is 0 Å². The van der Waals surface area contributed by atoms with E-state index in [2.05, 4.69) is 129 Å². The summed E-state index contributed by atoms with van der Waals surface area (Å²) in [6.07, 6.45) is 91.6. The number of allylic oxidation sites excluding steroid dienone is 19. The average molecular weight is 1210 g/mol. The molecule has 1 rings (SSSR count). The maximum atomic E-state index is 13.1. The molecule has 9 heteroatoms. The van der Waals surface area contributed by atoms with Crippen LogP contribution >= 0.6 is 0 Å². The Bertz CT molecular complexity index is 1790. The van der Waals surface area contributed by atoms with E-state index in [1.165, 1.54) is 186 Å². The Hall–Kier alpha value is -3.41. The topological polar surface area (TPSA) is 149 Å². The molecule has 0 aliphatic carbocycles. The van der Waals surface area contributed by atoms with Gasteiger partial charge in [-0.3, -0.25) is 4.79 Å². The van der Waals surface area contributed by atoms with Gasteiger partial charge in [-0.15, -0.1) is 0 Å². The molecule has 0 bridgehead atoms. The summed E-state index contributed by atoms with van der Waals surface area (Å²) < 4.78 is 11.3. The van der Waals surface area contributed by atoms with Crippen molar-refractivity contribution in [1.82, 2.24) is 5.32 Å². The van der Waals surface area contributed by atoms with Crippen molar-refractivity contribution in [3.05, 3.63) is 122 Å². The van der Waals surface area contributed by atoms with Crippen LogP contribution < -0.4 is 5.32 Å². The summed E-state index contributed by atoms with van der Waals surface area (Å²) >= 11 is 0. The quantitative estimate of drug-likeness (QED) is 0.0261. The zero-order valence-corrected chi connectivity index (χ0v) is 56.0. The van der Waals surface area contributed by atoms with Crippen molar-refractivity contribution in [3.8, 4) is 0 Å². The molecule has 1 aliphatic rings. The minimum absolute atomic E-state index is 0.197. The van der Waals surface area contributed by atoms with Crippen LogP contribution in [0.5, 0.6) is 0 Å². The molecule has 6 N–H and O–H groups in total. The number of carbonyl (C=O) groups excluding carboxylic acids is 1. The first-order chi connectivity index (χ1) is 42.8. The van der Waals surface area contributed by atoms with Gasteiger partial charge in [0.05, 0.1) is 25.4 Å². The molecule has 87 heavy (non-hydrogen) atoms. The van der Waals surface area contributed by atoms with Crippen LogP contribution in [-0.2, 0) is 14.3 Å². The predicted octanol–water partition coefficient (Wildman–Crippen LogP) is 20.2. The van der Waals surface area contributed by atoms with Gasteiger partial charge < -0.3 is 40.3 Å². The highest BCUT2D eigenvalue weighted by Gasteiger charge is 2.44. The van der Waals surface area contributed by atoms with Gasteiger partial charge in [-0.05, 0) is 96.3 Å². The monoisotopic (exact) mass is 1210 g/mol. The van der Waals surface area contributed by atoms with Gasteiger partial charge in [0.15, 0.2) is 6.29 Å². The number of carbonyl (C=O) groups is 1. The lowest BCUT2D eigenvalue weighted by Gasteiger charge is -2.40. The molecule has 1 fully saturated rings. The normalized spacial score (nSPS) is 18.7. The molecule has 0 aromatic rings. The second-order valence-electron chi connectivity index (χ2n) is 24.6. The molecule has 7 atom stereocenters. The highest BCUT2D eigenvalue weighted by molar-refractivity contribution is 5.76. The predicted molar refractivity (Wildman–Crippen MR) is 373 cm³/mol. The van der Waals surface area contributed by atoms with Crippen LogP contribution in [0.15, 0.2) is 122 Å². The summed E-state index contributed by atoms with van der Waals surface area (Å²) in [5.74, 6) is -0.197. The highest BCUT2D eigenvalue weighted by atomic mass is 16.7. The fourth-order valence-corrected chi connectivity index (χ4v) is 10.9. The van der Waals surface area contributed by atoms with Gasteiger partial charge in [-0.25, -0.2) is 0 Å².